The third-order valence-electron chi connectivity index (χ3n) is 3.68. The number of aromatic nitrogens is 1. The monoisotopic (exact) mass is 348 g/mol. The largest absolute Gasteiger partial charge is 0.497 e. The van der Waals surface area contributed by atoms with Crippen LogP contribution in [0.2, 0.25) is 0 Å². The normalized spacial score (nSPS) is 11.6. The summed E-state index contributed by atoms with van der Waals surface area (Å²) in [5.41, 5.74) is 3.03. The van der Waals surface area contributed by atoms with Crippen molar-refractivity contribution in [3.8, 4) is 5.75 Å². The average molecular weight is 348 g/mol. The van der Waals surface area contributed by atoms with Gasteiger partial charge in [0.05, 0.1) is 22.2 Å². The Kier molecular flexibility index (Phi) is 3.99. The first kappa shape index (κ1) is 15.8. The Bertz CT molecular complexity index is 961. The summed E-state index contributed by atoms with van der Waals surface area (Å²) in [4.78, 5) is 4.59. The van der Waals surface area contributed by atoms with Crippen LogP contribution in [0.3, 0.4) is 0 Å². The second-order valence-electron chi connectivity index (χ2n) is 5.15. The van der Waals surface area contributed by atoms with E-state index in [9.17, 15) is 8.42 Å². The summed E-state index contributed by atoms with van der Waals surface area (Å²) >= 11 is 1.32. The zero-order valence-electron chi connectivity index (χ0n) is 13.0. The Labute approximate surface area is 139 Å². The van der Waals surface area contributed by atoms with Crippen LogP contribution < -0.4 is 9.46 Å². The maximum absolute atomic E-state index is 12.4. The molecule has 1 heterocycles. The molecule has 0 aliphatic heterocycles. The molecule has 0 fully saturated rings. The van der Waals surface area contributed by atoms with Gasteiger partial charge < -0.3 is 4.74 Å². The van der Waals surface area contributed by atoms with Crippen LogP contribution in [0, 0.1) is 13.8 Å². The van der Waals surface area contributed by atoms with Crippen LogP contribution in [0.5, 0.6) is 5.75 Å². The van der Waals surface area contributed by atoms with Gasteiger partial charge in [0.25, 0.3) is 10.0 Å². The van der Waals surface area contributed by atoms with Gasteiger partial charge in [-0.2, -0.15) is 0 Å². The summed E-state index contributed by atoms with van der Waals surface area (Å²) in [6.45, 7) is 3.99. The number of sulfonamides is 1. The van der Waals surface area contributed by atoms with Gasteiger partial charge in [-0.15, -0.1) is 0 Å². The van der Waals surface area contributed by atoms with Gasteiger partial charge in [-0.25, -0.2) is 13.4 Å². The third-order valence-corrected chi connectivity index (χ3v) is 6.10. The highest BCUT2D eigenvalue weighted by molar-refractivity contribution is 7.93. The summed E-state index contributed by atoms with van der Waals surface area (Å²) in [6, 6.07) is 10.2. The van der Waals surface area contributed by atoms with Crippen molar-refractivity contribution in [1.82, 2.24) is 4.98 Å². The summed E-state index contributed by atoms with van der Waals surface area (Å²) in [6.07, 6.45) is 0. The van der Waals surface area contributed by atoms with Crippen molar-refractivity contribution in [2.75, 3.05) is 11.8 Å². The summed E-state index contributed by atoms with van der Waals surface area (Å²) in [5.74, 6) is 0.607. The second kappa shape index (κ2) is 5.82. The van der Waals surface area contributed by atoms with Gasteiger partial charge >= 0.3 is 0 Å². The van der Waals surface area contributed by atoms with Crippen LogP contribution >= 0.6 is 11.3 Å². The highest BCUT2D eigenvalue weighted by Gasteiger charge is 2.17. The van der Waals surface area contributed by atoms with E-state index in [2.05, 4.69) is 9.71 Å². The number of nitrogens with one attached hydrogen (secondary N) is 1. The van der Waals surface area contributed by atoms with E-state index in [-0.39, 0.29) is 4.90 Å². The standard InChI is InChI=1S/C16H16N2O3S2/c1-10-4-9-14-15(11(10)2)17-16(22-14)18-23(19,20)13-7-5-12(21-3)6-8-13/h4-9H,1-3H3,(H,17,18). The van der Waals surface area contributed by atoms with Crippen molar-refractivity contribution >= 4 is 36.7 Å². The number of benzene rings is 2. The molecule has 23 heavy (non-hydrogen) atoms. The molecule has 0 aliphatic rings. The SMILES string of the molecule is COc1ccc(S(=O)(=O)Nc2nc3c(C)c(C)ccc3s2)cc1. The molecule has 0 saturated carbocycles. The Morgan fingerprint density at radius 2 is 1.78 bits per heavy atom. The Morgan fingerprint density at radius 1 is 1.09 bits per heavy atom. The van der Waals surface area contributed by atoms with Crippen molar-refractivity contribution in [3.63, 3.8) is 0 Å². The van der Waals surface area contributed by atoms with E-state index >= 15 is 0 Å². The number of rotatable bonds is 4. The molecule has 3 rings (SSSR count). The molecule has 7 heteroatoms. The van der Waals surface area contributed by atoms with Crippen molar-refractivity contribution in [1.29, 1.82) is 0 Å². The molecule has 1 N–H and O–H groups in total. The van der Waals surface area contributed by atoms with Crippen LogP contribution in [0.4, 0.5) is 5.13 Å². The van der Waals surface area contributed by atoms with Gasteiger partial charge in [-0.3, -0.25) is 4.72 Å². The van der Waals surface area contributed by atoms with Gasteiger partial charge in [0.2, 0.25) is 0 Å². The maximum atomic E-state index is 12.4. The molecule has 120 valence electrons. The van der Waals surface area contributed by atoms with Crippen molar-refractivity contribution in [2.45, 2.75) is 18.7 Å². The van der Waals surface area contributed by atoms with E-state index in [0.717, 1.165) is 21.3 Å². The molecule has 3 aromatic rings. The van der Waals surface area contributed by atoms with Crippen molar-refractivity contribution < 1.29 is 13.2 Å². The lowest BCUT2D eigenvalue weighted by Gasteiger charge is -2.05. The smallest absolute Gasteiger partial charge is 0.263 e. The topological polar surface area (TPSA) is 68.3 Å². The minimum Gasteiger partial charge on any atom is -0.497 e. The third kappa shape index (κ3) is 3.02. The van der Waals surface area contributed by atoms with Crippen LogP contribution in [0.15, 0.2) is 41.3 Å². The first-order valence-electron chi connectivity index (χ1n) is 6.94. The molecule has 2 aromatic carbocycles. The minimum absolute atomic E-state index is 0.172. The number of fused-ring (bicyclic) bond motifs is 1. The van der Waals surface area contributed by atoms with E-state index in [0.29, 0.717) is 10.9 Å². The van der Waals surface area contributed by atoms with Gasteiger partial charge in [0, 0.05) is 0 Å². The van der Waals surface area contributed by atoms with Crippen LogP contribution in [-0.2, 0) is 10.0 Å². The molecule has 0 atom stereocenters. The first-order chi connectivity index (χ1) is 10.9. The number of hydrogen-bond donors (Lipinski definition) is 1. The van der Waals surface area contributed by atoms with Gasteiger partial charge in [0.1, 0.15) is 5.75 Å². The second-order valence-corrected chi connectivity index (χ2v) is 7.87. The number of aryl methyl sites for hydroxylation is 2. The Morgan fingerprint density at radius 3 is 2.43 bits per heavy atom. The molecule has 5 nitrogen and oxygen atoms in total. The lowest BCUT2D eigenvalue weighted by molar-refractivity contribution is 0.414. The lowest BCUT2D eigenvalue weighted by Crippen LogP contribution is -2.12. The molecule has 0 bridgehead atoms. The van der Waals surface area contributed by atoms with Crippen LogP contribution in [-0.4, -0.2) is 20.5 Å². The molecule has 1 aromatic heterocycles. The molecule has 0 aliphatic carbocycles. The predicted octanol–water partition coefficient (Wildman–Crippen LogP) is 3.72. The highest BCUT2D eigenvalue weighted by Crippen LogP contribution is 2.31. The van der Waals surface area contributed by atoms with Crippen LogP contribution in [0.1, 0.15) is 11.1 Å². The first-order valence-corrected chi connectivity index (χ1v) is 9.24. The Hall–Kier alpha value is -2.12. The molecular formula is C16H16N2O3S2. The van der Waals surface area contributed by atoms with Gasteiger partial charge in [-0.05, 0) is 55.3 Å². The minimum atomic E-state index is -3.67. The van der Waals surface area contributed by atoms with E-state index in [1.807, 2.05) is 26.0 Å². The Balaban J connectivity index is 1.95. The van der Waals surface area contributed by atoms with Gasteiger partial charge in [0.15, 0.2) is 5.13 Å². The number of methoxy groups -OCH3 is 1. The molecule has 0 radical (unpaired) electrons. The summed E-state index contributed by atoms with van der Waals surface area (Å²) in [7, 11) is -2.13. The highest BCUT2D eigenvalue weighted by atomic mass is 32.2. The van der Waals surface area contributed by atoms with E-state index in [1.165, 1.54) is 30.6 Å². The average Bonchev–Trinajstić information content (AvgIpc) is 2.94. The molecule has 0 unspecified atom stereocenters. The lowest BCUT2D eigenvalue weighted by atomic mass is 10.1. The number of thiazole rings is 1. The predicted molar refractivity (Wildman–Crippen MR) is 92.9 cm³/mol. The fraction of sp³-hybridized carbons (Fsp3) is 0.188. The zero-order valence-corrected chi connectivity index (χ0v) is 14.6. The van der Waals surface area contributed by atoms with Crippen molar-refractivity contribution in [3.05, 3.63) is 47.5 Å². The van der Waals surface area contributed by atoms with E-state index in [4.69, 9.17) is 4.74 Å². The number of ether oxygens (including phenoxy) is 1. The quantitative estimate of drug-likeness (QED) is 0.780. The fourth-order valence-electron chi connectivity index (χ4n) is 2.20. The molecule has 0 saturated heterocycles. The van der Waals surface area contributed by atoms with E-state index in [1.54, 1.807) is 12.1 Å². The number of hydrogen-bond acceptors (Lipinski definition) is 5. The maximum Gasteiger partial charge on any atom is 0.263 e. The fourth-order valence-corrected chi connectivity index (χ4v) is 4.36. The van der Waals surface area contributed by atoms with E-state index < -0.39 is 10.0 Å². The number of nitrogens with zero attached hydrogens (tertiary/aromatic N) is 1. The number of anilines is 1. The van der Waals surface area contributed by atoms with Crippen LogP contribution in [0.25, 0.3) is 10.2 Å². The molecule has 0 spiro atoms. The zero-order chi connectivity index (χ0) is 16.6. The molecule has 0 amide bonds. The van der Waals surface area contributed by atoms with Gasteiger partial charge in [-0.1, -0.05) is 17.4 Å². The molecular weight excluding hydrogens is 332 g/mol. The summed E-state index contributed by atoms with van der Waals surface area (Å²) in [5, 5.41) is 0.365. The van der Waals surface area contributed by atoms with Crippen molar-refractivity contribution in [2.24, 2.45) is 0 Å². The summed E-state index contributed by atoms with van der Waals surface area (Å²) < 4.78 is 33.4.